The van der Waals surface area contributed by atoms with Crippen LogP contribution in [0.5, 0.6) is 5.75 Å². The summed E-state index contributed by atoms with van der Waals surface area (Å²) in [6.07, 6.45) is 0. The molecule has 0 aromatic heterocycles. The third-order valence-corrected chi connectivity index (χ3v) is 3.43. The highest BCUT2D eigenvalue weighted by atomic mass is 35.5. The standard InChI is InChI=1S/C16H17ClFNO/c1-3-19-16(11-4-7-13(18)8-5-11)12-6-9-14(17)15(10-12)20-2/h4-10,16,19H,3H2,1-2H3. The van der Waals surface area contributed by atoms with E-state index in [2.05, 4.69) is 5.32 Å². The van der Waals surface area contributed by atoms with Crippen LogP contribution >= 0.6 is 11.6 Å². The summed E-state index contributed by atoms with van der Waals surface area (Å²) in [5, 5.41) is 3.96. The molecule has 0 aliphatic heterocycles. The quantitative estimate of drug-likeness (QED) is 0.892. The number of rotatable bonds is 5. The molecule has 1 N–H and O–H groups in total. The van der Waals surface area contributed by atoms with Crippen LogP contribution in [-0.4, -0.2) is 13.7 Å². The number of hydrogen-bond donors (Lipinski definition) is 1. The van der Waals surface area contributed by atoms with Gasteiger partial charge in [-0.2, -0.15) is 0 Å². The zero-order valence-electron chi connectivity index (χ0n) is 11.5. The summed E-state index contributed by atoms with van der Waals surface area (Å²) in [7, 11) is 1.59. The largest absolute Gasteiger partial charge is 0.495 e. The first-order valence-electron chi connectivity index (χ1n) is 6.48. The van der Waals surface area contributed by atoms with Crippen molar-refractivity contribution in [3.8, 4) is 5.75 Å². The van der Waals surface area contributed by atoms with E-state index in [-0.39, 0.29) is 11.9 Å². The molecule has 4 heteroatoms. The second kappa shape index (κ2) is 6.73. The maximum atomic E-state index is 13.1. The molecule has 1 unspecified atom stereocenters. The van der Waals surface area contributed by atoms with Crippen LogP contribution in [0.25, 0.3) is 0 Å². The van der Waals surface area contributed by atoms with Gasteiger partial charge in [0.2, 0.25) is 0 Å². The fraction of sp³-hybridized carbons (Fsp3) is 0.250. The highest BCUT2D eigenvalue weighted by Gasteiger charge is 2.14. The Bertz CT molecular complexity index is 571. The van der Waals surface area contributed by atoms with Gasteiger partial charge in [0.05, 0.1) is 18.2 Å². The second-order valence-corrected chi connectivity index (χ2v) is 4.84. The van der Waals surface area contributed by atoms with Gasteiger partial charge in [-0.05, 0) is 41.9 Å². The molecule has 2 nitrogen and oxygen atoms in total. The summed E-state index contributed by atoms with van der Waals surface area (Å²) in [4.78, 5) is 0. The van der Waals surface area contributed by atoms with Gasteiger partial charge in [0.25, 0.3) is 0 Å². The highest BCUT2D eigenvalue weighted by molar-refractivity contribution is 6.32. The smallest absolute Gasteiger partial charge is 0.137 e. The average Bonchev–Trinajstić information content (AvgIpc) is 2.47. The molecule has 0 bridgehead atoms. The van der Waals surface area contributed by atoms with Gasteiger partial charge in [-0.25, -0.2) is 4.39 Å². The lowest BCUT2D eigenvalue weighted by Gasteiger charge is -2.20. The molecule has 2 aromatic carbocycles. The van der Waals surface area contributed by atoms with E-state index in [1.807, 2.05) is 25.1 Å². The summed E-state index contributed by atoms with van der Waals surface area (Å²) < 4.78 is 18.3. The Hall–Kier alpha value is -1.58. The molecule has 0 heterocycles. The van der Waals surface area contributed by atoms with Crippen LogP contribution in [0.2, 0.25) is 5.02 Å². The average molecular weight is 294 g/mol. The van der Waals surface area contributed by atoms with Crippen LogP contribution in [0, 0.1) is 5.82 Å². The molecule has 1 atom stereocenters. The van der Waals surface area contributed by atoms with Crippen molar-refractivity contribution < 1.29 is 9.13 Å². The molecule has 0 amide bonds. The number of methoxy groups -OCH3 is 1. The first-order chi connectivity index (χ1) is 9.65. The zero-order valence-corrected chi connectivity index (χ0v) is 12.2. The van der Waals surface area contributed by atoms with Gasteiger partial charge in [0.1, 0.15) is 11.6 Å². The van der Waals surface area contributed by atoms with Crippen molar-refractivity contribution in [3.05, 3.63) is 64.4 Å². The molecule has 106 valence electrons. The van der Waals surface area contributed by atoms with Crippen LogP contribution in [0.3, 0.4) is 0 Å². The van der Waals surface area contributed by atoms with Crippen molar-refractivity contribution in [2.75, 3.05) is 13.7 Å². The van der Waals surface area contributed by atoms with Crippen molar-refractivity contribution >= 4 is 11.6 Å². The Kier molecular flexibility index (Phi) is 4.99. The fourth-order valence-corrected chi connectivity index (χ4v) is 2.34. The molecule has 2 aromatic rings. The van der Waals surface area contributed by atoms with Crippen molar-refractivity contribution in [2.24, 2.45) is 0 Å². The van der Waals surface area contributed by atoms with Gasteiger partial charge in [-0.3, -0.25) is 0 Å². The molecular formula is C16H17ClFNO. The predicted molar refractivity (Wildman–Crippen MR) is 79.9 cm³/mol. The molecular weight excluding hydrogens is 277 g/mol. The summed E-state index contributed by atoms with van der Waals surface area (Å²) in [6, 6.07) is 12.1. The van der Waals surface area contributed by atoms with E-state index in [0.29, 0.717) is 10.8 Å². The van der Waals surface area contributed by atoms with Crippen LogP contribution in [0.4, 0.5) is 4.39 Å². The molecule has 0 aliphatic rings. The maximum absolute atomic E-state index is 13.1. The van der Waals surface area contributed by atoms with E-state index >= 15 is 0 Å². The lowest BCUT2D eigenvalue weighted by molar-refractivity contribution is 0.414. The van der Waals surface area contributed by atoms with E-state index in [9.17, 15) is 4.39 Å². The lowest BCUT2D eigenvalue weighted by Crippen LogP contribution is -2.22. The van der Waals surface area contributed by atoms with Gasteiger partial charge in [-0.1, -0.05) is 36.7 Å². The maximum Gasteiger partial charge on any atom is 0.137 e. The Labute approximate surface area is 123 Å². The normalized spacial score (nSPS) is 12.2. The zero-order chi connectivity index (χ0) is 14.5. The third-order valence-electron chi connectivity index (χ3n) is 3.12. The molecule has 20 heavy (non-hydrogen) atoms. The molecule has 0 spiro atoms. The monoisotopic (exact) mass is 293 g/mol. The van der Waals surface area contributed by atoms with E-state index in [4.69, 9.17) is 16.3 Å². The van der Waals surface area contributed by atoms with Crippen LogP contribution in [0.15, 0.2) is 42.5 Å². The number of ether oxygens (including phenoxy) is 1. The molecule has 0 radical (unpaired) electrons. The van der Waals surface area contributed by atoms with Crippen LogP contribution in [-0.2, 0) is 0 Å². The highest BCUT2D eigenvalue weighted by Crippen LogP contribution is 2.30. The minimum atomic E-state index is -0.238. The van der Waals surface area contributed by atoms with Crippen molar-refractivity contribution in [3.63, 3.8) is 0 Å². The molecule has 0 aliphatic carbocycles. The van der Waals surface area contributed by atoms with Crippen molar-refractivity contribution in [1.29, 1.82) is 0 Å². The fourth-order valence-electron chi connectivity index (χ4n) is 2.14. The number of halogens is 2. The summed E-state index contributed by atoms with van der Waals surface area (Å²) in [5.74, 6) is 0.395. The van der Waals surface area contributed by atoms with Gasteiger partial charge in [0.15, 0.2) is 0 Å². The van der Waals surface area contributed by atoms with Crippen LogP contribution < -0.4 is 10.1 Å². The predicted octanol–water partition coefficient (Wildman–Crippen LogP) is 4.19. The van der Waals surface area contributed by atoms with Gasteiger partial charge in [0, 0.05) is 0 Å². The summed E-state index contributed by atoms with van der Waals surface area (Å²) >= 11 is 6.05. The van der Waals surface area contributed by atoms with Crippen molar-refractivity contribution in [2.45, 2.75) is 13.0 Å². The third kappa shape index (κ3) is 3.30. The number of hydrogen-bond acceptors (Lipinski definition) is 2. The first kappa shape index (κ1) is 14.8. The van der Waals surface area contributed by atoms with Crippen molar-refractivity contribution in [1.82, 2.24) is 5.32 Å². The van der Waals surface area contributed by atoms with Gasteiger partial charge < -0.3 is 10.1 Å². The van der Waals surface area contributed by atoms with Gasteiger partial charge in [-0.15, -0.1) is 0 Å². The Morgan fingerprint density at radius 3 is 2.40 bits per heavy atom. The molecule has 2 rings (SSSR count). The van der Waals surface area contributed by atoms with E-state index in [1.165, 1.54) is 12.1 Å². The minimum Gasteiger partial charge on any atom is -0.495 e. The van der Waals surface area contributed by atoms with E-state index < -0.39 is 0 Å². The number of benzene rings is 2. The number of nitrogens with one attached hydrogen (secondary N) is 1. The van der Waals surface area contributed by atoms with Crippen LogP contribution in [0.1, 0.15) is 24.1 Å². The minimum absolute atomic E-state index is 0.0215. The Morgan fingerprint density at radius 2 is 1.80 bits per heavy atom. The lowest BCUT2D eigenvalue weighted by atomic mass is 9.98. The van der Waals surface area contributed by atoms with Gasteiger partial charge >= 0.3 is 0 Å². The molecule has 0 saturated heterocycles. The summed E-state index contributed by atoms with van der Waals surface area (Å²) in [6.45, 7) is 2.83. The Morgan fingerprint density at radius 1 is 1.15 bits per heavy atom. The van der Waals surface area contributed by atoms with E-state index in [1.54, 1.807) is 19.2 Å². The summed E-state index contributed by atoms with van der Waals surface area (Å²) in [5.41, 5.74) is 2.03. The first-order valence-corrected chi connectivity index (χ1v) is 6.85. The SMILES string of the molecule is CCNC(c1ccc(F)cc1)c1ccc(Cl)c(OC)c1. The van der Waals surface area contributed by atoms with E-state index in [0.717, 1.165) is 17.7 Å². The Balaban J connectivity index is 2.39. The topological polar surface area (TPSA) is 21.3 Å². The second-order valence-electron chi connectivity index (χ2n) is 4.44. The molecule has 0 fully saturated rings. The molecule has 0 saturated carbocycles.